The highest BCUT2D eigenvalue weighted by Gasteiger charge is 2.46. The van der Waals surface area contributed by atoms with E-state index >= 15 is 0 Å². The Morgan fingerprint density at radius 2 is 1.91 bits per heavy atom. The number of aromatic hydroxyl groups is 1. The number of halogens is 1. The molecule has 2 aromatic rings. The minimum absolute atomic E-state index is 0.0205. The van der Waals surface area contributed by atoms with Crippen LogP contribution in [-0.2, 0) is 14.3 Å². The number of rotatable bonds is 6. The number of phenolic OH excluding ortho intramolecular Hbond substituents is 1. The predicted octanol–water partition coefficient (Wildman–Crippen LogP) is 2.31. The third kappa shape index (κ3) is 4.59. The molecule has 2 aliphatic rings. The molecule has 33 heavy (non-hydrogen) atoms. The maximum Gasteiger partial charge on any atom is 0.295 e. The average Bonchev–Trinajstić information content (AvgIpc) is 3.10. The standard InChI is InChI=1S/C23H24BrN3O6/c1-32-17-13-15(12-16(24)21(17)29)19-18(20(28)14-2-4-25-5-3-14)22(30)23(31)27(19)7-6-26-8-10-33-11-9-26/h2-5,12-13,19,28-29H,6-11H2,1H3/b20-18+. The van der Waals surface area contributed by atoms with Crippen molar-refractivity contribution < 1.29 is 29.3 Å². The van der Waals surface area contributed by atoms with Crippen molar-refractivity contribution in [2.24, 2.45) is 0 Å². The molecular weight excluding hydrogens is 494 g/mol. The first kappa shape index (κ1) is 23.2. The molecule has 0 aliphatic carbocycles. The number of aliphatic hydroxyl groups is 1. The monoisotopic (exact) mass is 517 g/mol. The highest BCUT2D eigenvalue weighted by molar-refractivity contribution is 9.10. The van der Waals surface area contributed by atoms with Crippen LogP contribution in [-0.4, -0.2) is 83.2 Å². The number of phenols is 1. The summed E-state index contributed by atoms with van der Waals surface area (Å²) in [7, 11) is 1.41. The molecule has 10 heteroatoms. The topological polar surface area (TPSA) is 112 Å². The number of carbonyl (C=O) groups excluding carboxylic acids is 2. The van der Waals surface area contributed by atoms with Crippen molar-refractivity contribution in [2.75, 3.05) is 46.5 Å². The molecule has 2 aliphatic heterocycles. The number of hydrogen-bond acceptors (Lipinski definition) is 8. The number of hydrogen-bond donors (Lipinski definition) is 2. The van der Waals surface area contributed by atoms with E-state index in [9.17, 15) is 19.8 Å². The Hall–Kier alpha value is -2.95. The summed E-state index contributed by atoms with van der Waals surface area (Å²) in [6, 6.07) is 5.47. The second-order valence-corrected chi connectivity index (χ2v) is 8.59. The number of aromatic nitrogens is 1. The van der Waals surface area contributed by atoms with Crippen LogP contribution in [0.4, 0.5) is 0 Å². The number of aliphatic hydroxyl groups excluding tert-OH is 1. The van der Waals surface area contributed by atoms with Gasteiger partial charge in [0.15, 0.2) is 11.5 Å². The molecule has 2 N–H and O–H groups in total. The third-order valence-electron chi connectivity index (χ3n) is 5.84. The second kappa shape index (κ2) is 9.90. The maximum atomic E-state index is 13.1. The number of morpholine rings is 1. The van der Waals surface area contributed by atoms with E-state index in [1.807, 2.05) is 0 Å². The van der Waals surface area contributed by atoms with Gasteiger partial charge < -0.3 is 24.6 Å². The first-order chi connectivity index (χ1) is 15.9. The summed E-state index contributed by atoms with van der Waals surface area (Å²) < 4.78 is 11.0. The fraction of sp³-hybridized carbons (Fsp3) is 0.348. The molecule has 1 atom stereocenters. The Morgan fingerprint density at radius 3 is 2.58 bits per heavy atom. The van der Waals surface area contributed by atoms with Crippen LogP contribution in [0.15, 0.2) is 46.7 Å². The summed E-state index contributed by atoms with van der Waals surface area (Å²) in [5, 5.41) is 21.3. The number of Topliss-reactive ketones (excluding diaryl/α,β-unsaturated/α-hetero) is 1. The smallest absolute Gasteiger partial charge is 0.295 e. The molecule has 174 valence electrons. The van der Waals surface area contributed by atoms with Crippen molar-refractivity contribution in [1.29, 1.82) is 0 Å². The van der Waals surface area contributed by atoms with Crippen molar-refractivity contribution in [3.63, 3.8) is 0 Å². The first-order valence-corrected chi connectivity index (χ1v) is 11.3. The zero-order chi connectivity index (χ0) is 23.5. The maximum absolute atomic E-state index is 13.1. The van der Waals surface area contributed by atoms with Gasteiger partial charge in [0.1, 0.15) is 5.76 Å². The number of ether oxygens (including phenoxy) is 2. The zero-order valence-corrected chi connectivity index (χ0v) is 19.6. The van der Waals surface area contributed by atoms with Crippen molar-refractivity contribution in [2.45, 2.75) is 6.04 Å². The minimum Gasteiger partial charge on any atom is -0.507 e. The molecule has 9 nitrogen and oxygen atoms in total. The fourth-order valence-electron chi connectivity index (χ4n) is 4.10. The summed E-state index contributed by atoms with van der Waals surface area (Å²) in [5.41, 5.74) is 0.882. The van der Waals surface area contributed by atoms with Crippen molar-refractivity contribution >= 4 is 33.4 Å². The Morgan fingerprint density at radius 1 is 1.21 bits per heavy atom. The van der Waals surface area contributed by atoms with E-state index in [2.05, 4.69) is 25.8 Å². The first-order valence-electron chi connectivity index (χ1n) is 10.5. The van der Waals surface area contributed by atoms with Gasteiger partial charge in [0, 0.05) is 44.1 Å². The average molecular weight is 518 g/mol. The Kier molecular flexibility index (Phi) is 6.96. The van der Waals surface area contributed by atoms with Gasteiger partial charge in [0.25, 0.3) is 11.7 Å². The molecule has 4 rings (SSSR count). The fourth-order valence-corrected chi connectivity index (χ4v) is 4.56. The Bertz CT molecular complexity index is 1090. The van der Waals surface area contributed by atoms with Gasteiger partial charge in [0.2, 0.25) is 0 Å². The van der Waals surface area contributed by atoms with Gasteiger partial charge in [-0.2, -0.15) is 0 Å². The quantitative estimate of drug-likeness (QED) is 0.341. The van der Waals surface area contributed by atoms with Crippen LogP contribution < -0.4 is 4.74 Å². The van der Waals surface area contributed by atoms with Crippen LogP contribution in [0.25, 0.3) is 5.76 Å². The van der Waals surface area contributed by atoms with Crippen molar-refractivity contribution in [3.05, 3.63) is 57.8 Å². The van der Waals surface area contributed by atoms with Gasteiger partial charge in [-0.15, -0.1) is 0 Å². The SMILES string of the molecule is COc1cc(C2/C(=C(\O)c3ccncc3)C(=O)C(=O)N2CCN2CCOCC2)cc(Br)c1O. The molecule has 1 aromatic carbocycles. The van der Waals surface area contributed by atoms with E-state index in [0.717, 1.165) is 13.1 Å². The lowest BCUT2D eigenvalue weighted by Crippen LogP contribution is -2.42. The van der Waals surface area contributed by atoms with Crippen LogP contribution in [0, 0.1) is 0 Å². The van der Waals surface area contributed by atoms with E-state index in [-0.39, 0.29) is 29.4 Å². The van der Waals surface area contributed by atoms with E-state index in [0.29, 0.717) is 35.4 Å². The second-order valence-electron chi connectivity index (χ2n) is 7.74. The number of ketones is 1. The van der Waals surface area contributed by atoms with Crippen LogP contribution in [0.5, 0.6) is 11.5 Å². The molecule has 2 fully saturated rings. The number of nitrogens with zero attached hydrogens (tertiary/aromatic N) is 3. The van der Waals surface area contributed by atoms with Crippen LogP contribution in [0.1, 0.15) is 17.2 Å². The minimum atomic E-state index is -0.856. The molecule has 3 heterocycles. The largest absolute Gasteiger partial charge is 0.507 e. The third-order valence-corrected chi connectivity index (χ3v) is 6.45. The van der Waals surface area contributed by atoms with Crippen LogP contribution >= 0.6 is 15.9 Å². The van der Waals surface area contributed by atoms with E-state index < -0.39 is 17.7 Å². The summed E-state index contributed by atoms with van der Waals surface area (Å²) >= 11 is 3.31. The van der Waals surface area contributed by atoms with Crippen LogP contribution in [0.3, 0.4) is 0 Å². The molecule has 0 saturated carbocycles. The Labute approximate surface area is 199 Å². The van der Waals surface area contributed by atoms with Crippen LogP contribution in [0.2, 0.25) is 0 Å². The number of benzene rings is 1. The van der Waals surface area contributed by atoms with Crippen molar-refractivity contribution in [1.82, 2.24) is 14.8 Å². The lowest BCUT2D eigenvalue weighted by Gasteiger charge is -2.31. The lowest BCUT2D eigenvalue weighted by atomic mass is 9.95. The summed E-state index contributed by atoms with van der Waals surface area (Å²) in [6.45, 7) is 3.55. The highest BCUT2D eigenvalue weighted by atomic mass is 79.9. The molecule has 0 spiro atoms. The zero-order valence-electron chi connectivity index (χ0n) is 18.0. The van der Waals surface area contributed by atoms with Gasteiger partial charge in [-0.1, -0.05) is 0 Å². The predicted molar refractivity (Wildman–Crippen MR) is 123 cm³/mol. The summed E-state index contributed by atoms with van der Waals surface area (Å²) in [5.74, 6) is -1.65. The van der Waals surface area contributed by atoms with E-state index in [4.69, 9.17) is 9.47 Å². The lowest BCUT2D eigenvalue weighted by molar-refractivity contribution is -0.140. The highest BCUT2D eigenvalue weighted by Crippen LogP contribution is 2.44. The summed E-state index contributed by atoms with van der Waals surface area (Å²) in [6.07, 6.45) is 3.00. The number of carbonyl (C=O) groups is 2. The Balaban J connectivity index is 1.79. The van der Waals surface area contributed by atoms with Gasteiger partial charge >= 0.3 is 0 Å². The van der Waals surface area contributed by atoms with E-state index in [1.54, 1.807) is 24.3 Å². The molecule has 0 radical (unpaired) electrons. The molecule has 0 bridgehead atoms. The summed E-state index contributed by atoms with van der Waals surface area (Å²) in [4.78, 5) is 33.8. The molecule has 1 unspecified atom stereocenters. The number of methoxy groups -OCH3 is 1. The molecule has 1 aromatic heterocycles. The normalized spacial score (nSPS) is 20.9. The van der Waals surface area contributed by atoms with Gasteiger partial charge in [-0.3, -0.25) is 19.5 Å². The van der Waals surface area contributed by atoms with Gasteiger partial charge in [-0.25, -0.2) is 0 Å². The molecule has 2 saturated heterocycles. The number of likely N-dealkylation sites (tertiary alicyclic amines) is 1. The van der Waals surface area contributed by atoms with E-state index in [1.165, 1.54) is 24.4 Å². The van der Waals surface area contributed by atoms with Gasteiger partial charge in [0.05, 0.1) is 36.4 Å². The molecular formula is C23H24BrN3O6. The van der Waals surface area contributed by atoms with Gasteiger partial charge in [-0.05, 0) is 45.8 Å². The number of amides is 1. The molecule has 1 amide bonds. The number of pyridine rings is 1. The van der Waals surface area contributed by atoms with Crippen molar-refractivity contribution in [3.8, 4) is 11.5 Å².